The zero-order chi connectivity index (χ0) is 19.8. The van der Waals surface area contributed by atoms with Gasteiger partial charge < -0.3 is 14.4 Å². The minimum Gasteiger partial charge on any atom is -0.477 e. The summed E-state index contributed by atoms with van der Waals surface area (Å²) >= 11 is 0. The molecule has 1 aromatic carbocycles. The van der Waals surface area contributed by atoms with Crippen LogP contribution in [0.15, 0.2) is 42.6 Å². The lowest BCUT2D eigenvalue weighted by molar-refractivity contribution is -0.0695. The van der Waals surface area contributed by atoms with Crippen molar-refractivity contribution in [2.75, 3.05) is 33.3 Å². The van der Waals surface area contributed by atoms with E-state index in [4.69, 9.17) is 9.47 Å². The highest BCUT2D eigenvalue weighted by Crippen LogP contribution is 2.39. The van der Waals surface area contributed by atoms with Crippen molar-refractivity contribution < 1.29 is 14.3 Å². The third-order valence-electron chi connectivity index (χ3n) is 6.68. The first-order valence-corrected chi connectivity index (χ1v) is 10.4. The molecule has 29 heavy (non-hydrogen) atoms. The van der Waals surface area contributed by atoms with E-state index in [2.05, 4.69) is 16.9 Å². The maximum atomic E-state index is 13.0. The van der Waals surface area contributed by atoms with Gasteiger partial charge in [0.15, 0.2) is 0 Å². The number of hydrogen-bond donors (Lipinski definition) is 0. The molecule has 2 aromatic rings. The molecule has 1 unspecified atom stereocenters. The molecule has 1 aromatic heterocycles. The van der Waals surface area contributed by atoms with E-state index in [1.54, 1.807) is 6.20 Å². The van der Waals surface area contributed by atoms with E-state index in [1.165, 1.54) is 5.56 Å². The first-order chi connectivity index (χ1) is 14.1. The van der Waals surface area contributed by atoms with Crippen LogP contribution in [0.1, 0.15) is 34.3 Å². The molecule has 4 heterocycles. The Morgan fingerprint density at radius 2 is 2.10 bits per heavy atom. The average Bonchev–Trinajstić information content (AvgIpc) is 3.20. The number of hydrogen-bond acceptors (Lipinski definition) is 5. The van der Waals surface area contributed by atoms with E-state index in [0.29, 0.717) is 31.6 Å². The second-order valence-electron chi connectivity index (χ2n) is 8.62. The van der Waals surface area contributed by atoms with Gasteiger partial charge in [-0.3, -0.25) is 9.69 Å². The monoisotopic (exact) mass is 393 g/mol. The Bertz CT molecular complexity index is 895. The highest BCUT2D eigenvalue weighted by atomic mass is 16.5. The van der Waals surface area contributed by atoms with Gasteiger partial charge in [-0.25, -0.2) is 4.98 Å². The molecule has 152 valence electrons. The number of fused-ring (bicyclic) bond motifs is 1. The van der Waals surface area contributed by atoms with Crippen molar-refractivity contribution in [3.63, 3.8) is 0 Å². The highest BCUT2D eigenvalue weighted by molar-refractivity contribution is 5.95. The number of nitrogens with zero attached hydrogens (tertiary/aromatic N) is 3. The molecule has 2 saturated heterocycles. The number of aromatic nitrogens is 1. The molecule has 3 aliphatic heterocycles. The van der Waals surface area contributed by atoms with Crippen molar-refractivity contribution in [2.45, 2.75) is 31.6 Å². The summed E-state index contributed by atoms with van der Waals surface area (Å²) in [5.41, 5.74) is 3.20. The molecule has 2 fully saturated rings. The summed E-state index contributed by atoms with van der Waals surface area (Å²) in [4.78, 5) is 21.7. The first kappa shape index (κ1) is 18.6. The SMILES string of the molecule is CN1CCC(COc2ccccn2)CC12CN(C(=O)c1ccc3c(c1)COC3)C2. The summed E-state index contributed by atoms with van der Waals surface area (Å²) in [6.07, 6.45) is 3.92. The fourth-order valence-corrected chi connectivity index (χ4v) is 4.85. The number of carbonyl (C=O) groups is 1. The zero-order valence-electron chi connectivity index (χ0n) is 16.8. The van der Waals surface area contributed by atoms with Crippen LogP contribution in [-0.4, -0.2) is 59.5 Å². The van der Waals surface area contributed by atoms with Gasteiger partial charge in [0, 0.05) is 30.9 Å². The highest BCUT2D eigenvalue weighted by Gasteiger charge is 2.51. The van der Waals surface area contributed by atoms with Crippen LogP contribution in [0.5, 0.6) is 5.88 Å². The number of likely N-dealkylation sites (tertiary alicyclic amines) is 2. The lowest BCUT2D eigenvalue weighted by Crippen LogP contribution is -2.72. The number of rotatable bonds is 4. The van der Waals surface area contributed by atoms with Crippen LogP contribution in [0.3, 0.4) is 0 Å². The van der Waals surface area contributed by atoms with Crippen LogP contribution in [0.25, 0.3) is 0 Å². The molecule has 0 radical (unpaired) electrons. The Kier molecular flexibility index (Phi) is 4.76. The normalized spacial score (nSPS) is 22.9. The number of ether oxygens (including phenoxy) is 2. The molecule has 1 amide bonds. The smallest absolute Gasteiger partial charge is 0.253 e. The van der Waals surface area contributed by atoms with Crippen molar-refractivity contribution in [2.24, 2.45) is 5.92 Å². The molecular weight excluding hydrogens is 366 g/mol. The number of carbonyl (C=O) groups excluding carboxylic acids is 1. The minimum absolute atomic E-state index is 0.0753. The Labute approximate surface area is 171 Å². The fourth-order valence-electron chi connectivity index (χ4n) is 4.85. The van der Waals surface area contributed by atoms with E-state index >= 15 is 0 Å². The predicted octanol–water partition coefficient (Wildman–Crippen LogP) is 2.73. The summed E-state index contributed by atoms with van der Waals surface area (Å²) in [5.74, 6) is 1.31. The number of benzene rings is 1. The topological polar surface area (TPSA) is 54.9 Å². The van der Waals surface area contributed by atoms with Crippen molar-refractivity contribution in [1.29, 1.82) is 0 Å². The predicted molar refractivity (Wildman–Crippen MR) is 109 cm³/mol. The maximum absolute atomic E-state index is 13.0. The average molecular weight is 393 g/mol. The number of piperidine rings is 1. The molecule has 0 saturated carbocycles. The van der Waals surface area contributed by atoms with Gasteiger partial charge in [0.2, 0.25) is 5.88 Å². The lowest BCUT2D eigenvalue weighted by atomic mass is 9.75. The molecule has 3 aliphatic rings. The van der Waals surface area contributed by atoms with Gasteiger partial charge in [0.1, 0.15) is 0 Å². The second-order valence-corrected chi connectivity index (χ2v) is 8.62. The standard InChI is InChI=1S/C23H27N3O3/c1-25-9-7-17(12-29-21-4-2-3-8-24-21)11-23(25)15-26(16-23)22(27)18-5-6-19-13-28-14-20(19)10-18/h2-6,8,10,17H,7,9,11-16H2,1H3. The second kappa shape index (κ2) is 7.43. The number of amides is 1. The van der Waals surface area contributed by atoms with Gasteiger partial charge in [-0.15, -0.1) is 0 Å². The van der Waals surface area contributed by atoms with Crippen LogP contribution < -0.4 is 4.74 Å². The molecule has 1 spiro atoms. The molecule has 0 aliphatic carbocycles. The van der Waals surface area contributed by atoms with Gasteiger partial charge in [-0.05, 0) is 61.7 Å². The molecular formula is C23H27N3O3. The van der Waals surface area contributed by atoms with Gasteiger partial charge >= 0.3 is 0 Å². The quantitative estimate of drug-likeness (QED) is 0.800. The van der Waals surface area contributed by atoms with Crippen LogP contribution in [0.2, 0.25) is 0 Å². The summed E-state index contributed by atoms with van der Waals surface area (Å²) in [6.45, 7) is 4.57. The Hall–Kier alpha value is -2.44. The van der Waals surface area contributed by atoms with Crippen molar-refractivity contribution in [3.05, 3.63) is 59.3 Å². The van der Waals surface area contributed by atoms with Crippen LogP contribution in [0.4, 0.5) is 0 Å². The van der Waals surface area contributed by atoms with E-state index in [0.717, 1.165) is 43.6 Å². The number of pyridine rings is 1. The van der Waals surface area contributed by atoms with Gasteiger partial charge in [0.25, 0.3) is 5.91 Å². The van der Waals surface area contributed by atoms with Gasteiger partial charge in [-0.2, -0.15) is 0 Å². The van der Waals surface area contributed by atoms with Crippen LogP contribution in [-0.2, 0) is 18.0 Å². The minimum atomic E-state index is 0.0753. The van der Waals surface area contributed by atoms with Crippen LogP contribution in [0, 0.1) is 5.92 Å². The van der Waals surface area contributed by atoms with Gasteiger partial charge in [-0.1, -0.05) is 12.1 Å². The number of likely N-dealkylation sites (N-methyl/N-ethyl adjacent to an activating group) is 1. The van der Waals surface area contributed by atoms with Crippen molar-refractivity contribution in [3.8, 4) is 5.88 Å². The van der Waals surface area contributed by atoms with Crippen molar-refractivity contribution in [1.82, 2.24) is 14.8 Å². The molecule has 0 N–H and O–H groups in total. The maximum Gasteiger partial charge on any atom is 0.253 e. The first-order valence-electron chi connectivity index (χ1n) is 10.4. The van der Waals surface area contributed by atoms with E-state index < -0.39 is 0 Å². The molecule has 1 atom stereocenters. The Morgan fingerprint density at radius 3 is 2.93 bits per heavy atom. The van der Waals surface area contributed by atoms with E-state index in [1.807, 2.05) is 41.3 Å². The van der Waals surface area contributed by atoms with E-state index in [-0.39, 0.29) is 11.4 Å². The summed E-state index contributed by atoms with van der Waals surface area (Å²) < 4.78 is 11.4. The van der Waals surface area contributed by atoms with E-state index in [9.17, 15) is 4.79 Å². The lowest BCUT2D eigenvalue weighted by Gasteiger charge is -2.58. The Balaban J connectivity index is 1.21. The fraction of sp³-hybridized carbons (Fsp3) is 0.478. The summed E-state index contributed by atoms with van der Waals surface area (Å²) in [7, 11) is 2.18. The molecule has 6 nitrogen and oxygen atoms in total. The molecule has 0 bridgehead atoms. The zero-order valence-corrected chi connectivity index (χ0v) is 16.8. The molecule has 5 rings (SSSR count). The van der Waals surface area contributed by atoms with Crippen molar-refractivity contribution >= 4 is 5.91 Å². The Morgan fingerprint density at radius 1 is 1.24 bits per heavy atom. The van der Waals surface area contributed by atoms with Gasteiger partial charge in [0.05, 0.1) is 25.4 Å². The largest absolute Gasteiger partial charge is 0.477 e. The third-order valence-corrected chi connectivity index (χ3v) is 6.68. The summed E-state index contributed by atoms with van der Waals surface area (Å²) in [6, 6.07) is 11.7. The molecule has 6 heteroatoms. The van der Waals surface area contributed by atoms with Crippen LogP contribution >= 0.6 is 0 Å². The summed E-state index contributed by atoms with van der Waals surface area (Å²) in [5, 5.41) is 0. The third kappa shape index (κ3) is 3.51.